The van der Waals surface area contributed by atoms with E-state index >= 15 is 0 Å². The third-order valence-corrected chi connectivity index (χ3v) is 4.30. The molecule has 0 aliphatic carbocycles. The molecule has 2 heterocycles. The molecule has 0 unspecified atom stereocenters. The number of hydrogen-bond acceptors (Lipinski definition) is 5. The van der Waals surface area contributed by atoms with Crippen LogP contribution in [-0.4, -0.2) is 97.1 Å². The van der Waals surface area contributed by atoms with E-state index in [4.69, 9.17) is 4.74 Å². The highest BCUT2D eigenvalue weighted by atomic mass is 16.5. The van der Waals surface area contributed by atoms with Crippen molar-refractivity contribution in [1.82, 2.24) is 20.0 Å². The van der Waals surface area contributed by atoms with Crippen molar-refractivity contribution in [3.63, 3.8) is 0 Å². The number of morpholine rings is 1. The fourth-order valence-corrected chi connectivity index (χ4v) is 3.10. The van der Waals surface area contributed by atoms with Gasteiger partial charge in [0.05, 0.1) is 25.8 Å². The van der Waals surface area contributed by atoms with Crippen LogP contribution < -0.4 is 5.32 Å². The molecule has 2 amide bonds. The van der Waals surface area contributed by atoms with Crippen molar-refractivity contribution < 1.29 is 14.3 Å². The van der Waals surface area contributed by atoms with Crippen molar-refractivity contribution >= 4 is 11.8 Å². The molecule has 0 saturated carbocycles. The molecule has 0 bridgehead atoms. The number of hydrogen-bond donors (Lipinski definition) is 1. The van der Waals surface area contributed by atoms with Crippen molar-refractivity contribution in [2.45, 2.75) is 39.3 Å². The Hall–Kier alpha value is -1.18. The largest absolute Gasteiger partial charge is 0.375 e. The summed E-state index contributed by atoms with van der Waals surface area (Å²) in [7, 11) is 0. The molecule has 2 fully saturated rings. The van der Waals surface area contributed by atoms with Gasteiger partial charge in [0.1, 0.15) is 0 Å². The lowest BCUT2D eigenvalue weighted by atomic mass is 10.1. The smallest absolute Gasteiger partial charge is 0.236 e. The first-order valence-electron chi connectivity index (χ1n) is 8.88. The van der Waals surface area contributed by atoms with Gasteiger partial charge in [0, 0.05) is 44.8 Å². The van der Waals surface area contributed by atoms with Crippen LogP contribution in [0.15, 0.2) is 0 Å². The van der Waals surface area contributed by atoms with Crippen LogP contribution in [0.5, 0.6) is 0 Å². The average Bonchev–Trinajstić information content (AvgIpc) is 2.47. The lowest BCUT2D eigenvalue weighted by Gasteiger charge is -2.37. The Balaban J connectivity index is 1.69. The predicted molar refractivity (Wildman–Crippen MR) is 92.8 cm³/mol. The number of carbonyl (C=O) groups excluding carboxylic acids is 2. The lowest BCUT2D eigenvalue weighted by Crippen LogP contribution is -2.54. The van der Waals surface area contributed by atoms with Gasteiger partial charge in [-0.1, -0.05) is 0 Å². The van der Waals surface area contributed by atoms with Gasteiger partial charge in [-0.3, -0.25) is 19.4 Å². The van der Waals surface area contributed by atoms with Crippen LogP contribution >= 0.6 is 0 Å². The summed E-state index contributed by atoms with van der Waals surface area (Å²) < 4.78 is 5.48. The fourth-order valence-electron chi connectivity index (χ4n) is 3.10. The first kappa shape index (κ1) is 19.1. The van der Waals surface area contributed by atoms with Gasteiger partial charge in [-0.15, -0.1) is 0 Å². The van der Waals surface area contributed by atoms with Crippen LogP contribution in [0.25, 0.3) is 0 Å². The monoisotopic (exact) mass is 340 g/mol. The minimum absolute atomic E-state index is 0.0642. The van der Waals surface area contributed by atoms with Gasteiger partial charge < -0.3 is 15.0 Å². The normalized spacial score (nSPS) is 24.0. The highest BCUT2D eigenvalue weighted by molar-refractivity contribution is 5.79. The van der Waals surface area contributed by atoms with Crippen LogP contribution in [0.1, 0.15) is 27.7 Å². The molecule has 1 N–H and O–H groups in total. The van der Waals surface area contributed by atoms with Gasteiger partial charge in [-0.25, -0.2) is 0 Å². The van der Waals surface area contributed by atoms with Gasteiger partial charge in [0.15, 0.2) is 0 Å². The fraction of sp³-hybridized carbons (Fsp3) is 0.882. The third kappa shape index (κ3) is 6.37. The second kappa shape index (κ2) is 8.27. The summed E-state index contributed by atoms with van der Waals surface area (Å²) in [6, 6.07) is 0. The van der Waals surface area contributed by atoms with E-state index in [-0.39, 0.29) is 23.5 Å². The Morgan fingerprint density at radius 1 is 1.04 bits per heavy atom. The second-order valence-corrected chi connectivity index (χ2v) is 7.87. The van der Waals surface area contributed by atoms with E-state index in [1.807, 2.05) is 32.6 Å². The minimum atomic E-state index is -0.194. The number of nitrogens with one attached hydrogen (secondary N) is 1. The summed E-state index contributed by atoms with van der Waals surface area (Å²) in [4.78, 5) is 30.6. The SMILES string of the molecule is C[C@H]1CN(C(=O)CN2CCN(CC(=O)NC(C)(C)C)CC2)CCO1. The third-order valence-electron chi connectivity index (χ3n) is 4.30. The Bertz CT molecular complexity index is 442. The summed E-state index contributed by atoms with van der Waals surface area (Å²) in [5.74, 6) is 0.249. The number of ether oxygens (including phenoxy) is 1. The highest BCUT2D eigenvalue weighted by Crippen LogP contribution is 2.07. The maximum atomic E-state index is 12.4. The molecular weight excluding hydrogens is 308 g/mol. The van der Waals surface area contributed by atoms with Gasteiger partial charge in [-0.05, 0) is 27.7 Å². The molecule has 24 heavy (non-hydrogen) atoms. The van der Waals surface area contributed by atoms with E-state index in [1.165, 1.54) is 0 Å². The zero-order valence-electron chi connectivity index (χ0n) is 15.5. The molecule has 2 aliphatic heterocycles. The van der Waals surface area contributed by atoms with E-state index in [1.54, 1.807) is 0 Å². The van der Waals surface area contributed by atoms with E-state index in [9.17, 15) is 9.59 Å². The van der Waals surface area contributed by atoms with Crippen LogP contribution in [0.4, 0.5) is 0 Å². The number of piperazine rings is 1. The van der Waals surface area contributed by atoms with E-state index < -0.39 is 0 Å². The Kier molecular flexibility index (Phi) is 6.60. The molecule has 7 heteroatoms. The van der Waals surface area contributed by atoms with Gasteiger partial charge >= 0.3 is 0 Å². The number of nitrogens with zero attached hydrogens (tertiary/aromatic N) is 3. The van der Waals surface area contributed by atoms with Crippen LogP contribution in [0, 0.1) is 0 Å². The Labute approximate surface area is 145 Å². The molecule has 7 nitrogen and oxygen atoms in total. The molecule has 0 radical (unpaired) electrons. The van der Waals surface area contributed by atoms with Gasteiger partial charge in [0.25, 0.3) is 0 Å². The minimum Gasteiger partial charge on any atom is -0.375 e. The number of carbonyl (C=O) groups is 2. The van der Waals surface area contributed by atoms with Crippen molar-refractivity contribution in [3.8, 4) is 0 Å². The Morgan fingerprint density at radius 3 is 2.17 bits per heavy atom. The molecule has 2 aliphatic rings. The molecule has 0 spiro atoms. The lowest BCUT2D eigenvalue weighted by molar-refractivity contribution is -0.140. The topological polar surface area (TPSA) is 65.1 Å². The number of amides is 2. The quantitative estimate of drug-likeness (QED) is 0.766. The van der Waals surface area contributed by atoms with E-state index in [2.05, 4.69) is 15.1 Å². The van der Waals surface area contributed by atoms with Crippen LogP contribution in [-0.2, 0) is 14.3 Å². The maximum absolute atomic E-state index is 12.4. The summed E-state index contributed by atoms with van der Waals surface area (Å²) in [5.41, 5.74) is -0.194. The zero-order valence-corrected chi connectivity index (χ0v) is 15.5. The zero-order chi connectivity index (χ0) is 17.7. The second-order valence-electron chi connectivity index (χ2n) is 7.87. The summed E-state index contributed by atoms with van der Waals surface area (Å²) in [6.07, 6.45) is 0.126. The molecule has 0 aromatic rings. The standard InChI is InChI=1S/C17H32N4O3/c1-14-11-21(9-10-24-14)16(23)13-20-7-5-19(6-8-20)12-15(22)18-17(2,3)4/h14H,5-13H2,1-4H3,(H,18,22)/t14-/m0/s1. The molecule has 2 rings (SSSR count). The predicted octanol–water partition coefficient (Wildman–Crippen LogP) is -0.234. The molecule has 0 aromatic carbocycles. The van der Waals surface area contributed by atoms with Crippen molar-refractivity contribution in [2.75, 3.05) is 59.0 Å². The Morgan fingerprint density at radius 2 is 1.62 bits per heavy atom. The van der Waals surface area contributed by atoms with Crippen molar-refractivity contribution in [1.29, 1.82) is 0 Å². The maximum Gasteiger partial charge on any atom is 0.236 e. The first-order valence-corrected chi connectivity index (χ1v) is 8.88. The average molecular weight is 340 g/mol. The molecule has 0 aromatic heterocycles. The summed E-state index contributed by atoms with van der Waals surface area (Å²) in [5, 5.41) is 2.99. The molecule has 2 saturated heterocycles. The molecule has 1 atom stereocenters. The molecule has 138 valence electrons. The summed E-state index contributed by atoms with van der Waals surface area (Å²) >= 11 is 0. The molecular formula is C17H32N4O3. The van der Waals surface area contributed by atoms with Gasteiger partial charge in [-0.2, -0.15) is 0 Å². The van der Waals surface area contributed by atoms with Crippen LogP contribution in [0.2, 0.25) is 0 Å². The summed E-state index contributed by atoms with van der Waals surface area (Å²) in [6.45, 7) is 14.2. The highest BCUT2D eigenvalue weighted by Gasteiger charge is 2.26. The van der Waals surface area contributed by atoms with Crippen LogP contribution in [0.3, 0.4) is 0 Å². The van der Waals surface area contributed by atoms with E-state index in [0.717, 1.165) is 26.2 Å². The number of rotatable bonds is 4. The van der Waals surface area contributed by atoms with Gasteiger partial charge in [0.2, 0.25) is 11.8 Å². The van der Waals surface area contributed by atoms with Crippen molar-refractivity contribution in [2.24, 2.45) is 0 Å². The van der Waals surface area contributed by atoms with E-state index in [0.29, 0.717) is 32.8 Å². The first-order chi connectivity index (χ1) is 11.2. The van der Waals surface area contributed by atoms with Crippen molar-refractivity contribution in [3.05, 3.63) is 0 Å².